The van der Waals surface area contributed by atoms with Gasteiger partial charge in [0.1, 0.15) is 0 Å². The number of aliphatic hydroxyl groups is 1. The minimum Gasteiger partial charge on any atom is -0.386 e. The Hall–Kier alpha value is -0.410. The Balaban J connectivity index is 1.99. The minimum absolute atomic E-state index is 0.350. The first-order valence-electron chi connectivity index (χ1n) is 4.87. The quantitative estimate of drug-likeness (QED) is 0.808. The van der Waals surface area contributed by atoms with Gasteiger partial charge in [0.05, 0.1) is 11.8 Å². The van der Waals surface area contributed by atoms with Gasteiger partial charge in [0.2, 0.25) is 0 Å². The summed E-state index contributed by atoms with van der Waals surface area (Å²) >= 11 is 1.41. The Morgan fingerprint density at radius 2 is 2.38 bits per heavy atom. The van der Waals surface area contributed by atoms with Gasteiger partial charge in [-0.1, -0.05) is 26.2 Å². The van der Waals surface area contributed by atoms with Crippen LogP contribution in [0.15, 0.2) is 11.4 Å². The number of hydrogen-bond acceptors (Lipinski definition) is 3. The van der Waals surface area contributed by atoms with Crippen molar-refractivity contribution < 1.29 is 5.11 Å². The molecule has 0 radical (unpaired) electrons. The Kier molecular flexibility index (Phi) is 2.65. The number of nitrogens with zero attached hydrogens (tertiary/aromatic N) is 1. The summed E-state index contributed by atoms with van der Waals surface area (Å²) < 4.78 is 4.17. The summed E-state index contributed by atoms with van der Waals surface area (Å²) in [5, 5.41) is 11.9. The zero-order chi connectivity index (χ0) is 9.26. The van der Waals surface area contributed by atoms with Crippen molar-refractivity contribution in [3.05, 3.63) is 17.1 Å². The van der Waals surface area contributed by atoms with Gasteiger partial charge in [-0.25, -0.2) is 0 Å². The maximum atomic E-state index is 9.96. The Labute approximate surface area is 82.8 Å². The monoisotopic (exact) mass is 197 g/mol. The molecule has 3 heteroatoms. The average molecular weight is 197 g/mol. The molecule has 0 aliphatic heterocycles. The van der Waals surface area contributed by atoms with Crippen molar-refractivity contribution in [2.75, 3.05) is 0 Å². The van der Waals surface area contributed by atoms with Crippen LogP contribution < -0.4 is 0 Å². The summed E-state index contributed by atoms with van der Waals surface area (Å²) in [6, 6.07) is 1.92. The first kappa shape index (κ1) is 9.16. The zero-order valence-corrected chi connectivity index (χ0v) is 8.63. The molecule has 0 amide bonds. The molecule has 13 heavy (non-hydrogen) atoms. The summed E-state index contributed by atoms with van der Waals surface area (Å²) in [6.45, 7) is 2.13. The number of aliphatic hydroxyl groups excluding tert-OH is 1. The molecular weight excluding hydrogens is 182 g/mol. The molecule has 2 unspecified atom stereocenters. The van der Waals surface area contributed by atoms with Crippen molar-refractivity contribution in [3.8, 4) is 0 Å². The molecule has 0 spiro atoms. The number of rotatable bonds is 3. The highest BCUT2D eigenvalue weighted by Gasteiger charge is 2.30. The van der Waals surface area contributed by atoms with Crippen LogP contribution in [0.25, 0.3) is 0 Å². The largest absolute Gasteiger partial charge is 0.386 e. The fourth-order valence-corrected chi connectivity index (χ4v) is 2.42. The smallest absolute Gasteiger partial charge is 0.0998 e. The summed E-state index contributed by atoms with van der Waals surface area (Å²) in [5.74, 6) is 1.09. The fourth-order valence-electron chi connectivity index (χ4n) is 1.87. The van der Waals surface area contributed by atoms with Crippen LogP contribution in [-0.2, 0) is 0 Å². The molecule has 1 aliphatic rings. The van der Waals surface area contributed by atoms with Gasteiger partial charge in [-0.15, -0.1) is 0 Å². The fraction of sp³-hybridized carbons (Fsp3) is 0.700. The van der Waals surface area contributed by atoms with Crippen molar-refractivity contribution in [2.24, 2.45) is 11.8 Å². The van der Waals surface area contributed by atoms with Crippen molar-refractivity contribution in [2.45, 2.75) is 32.3 Å². The van der Waals surface area contributed by atoms with Crippen molar-refractivity contribution in [3.63, 3.8) is 0 Å². The lowest BCUT2D eigenvalue weighted by atomic mass is 9.74. The van der Waals surface area contributed by atoms with Crippen LogP contribution in [0, 0.1) is 11.8 Å². The van der Waals surface area contributed by atoms with Gasteiger partial charge in [-0.2, -0.15) is 4.37 Å². The molecule has 0 bridgehead atoms. The van der Waals surface area contributed by atoms with E-state index in [1.807, 2.05) is 11.4 Å². The van der Waals surface area contributed by atoms with E-state index in [1.165, 1.54) is 30.8 Å². The summed E-state index contributed by atoms with van der Waals surface area (Å²) in [4.78, 5) is 0. The lowest BCUT2D eigenvalue weighted by Crippen LogP contribution is -2.25. The second-order valence-corrected chi connectivity index (χ2v) is 4.58. The van der Waals surface area contributed by atoms with E-state index < -0.39 is 0 Å². The first-order chi connectivity index (χ1) is 6.29. The highest BCUT2D eigenvalue weighted by atomic mass is 32.1. The molecule has 1 fully saturated rings. The maximum Gasteiger partial charge on any atom is 0.0998 e. The third-order valence-corrected chi connectivity index (χ3v) is 3.73. The molecule has 0 aromatic carbocycles. The van der Waals surface area contributed by atoms with Crippen LogP contribution in [0.2, 0.25) is 0 Å². The summed E-state index contributed by atoms with van der Waals surface area (Å²) in [6.07, 6.45) is 3.54. The van der Waals surface area contributed by atoms with Crippen LogP contribution in [0.5, 0.6) is 0 Å². The third-order valence-electron chi connectivity index (χ3n) is 3.15. The predicted molar refractivity (Wildman–Crippen MR) is 53.6 cm³/mol. The van der Waals surface area contributed by atoms with Gasteiger partial charge in [-0.05, 0) is 29.4 Å². The standard InChI is InChI=1S/C10H15NOS/c1-7(8-3-2-4-8)10(12)9-5-6-13-11-9/h5-8,10,12H,2-4H2,1H3. The third kappa shape index (κ3) is 1.76. The van der Waals surface area contributed by atoms with Gasteiger partial charge in [0.15, 0.2) is 0 Å². The number of aromatic nitrogens is 1. The highest BCUT2D eigenvalue weighted by Crippen LogP contribution is 2.39. The molecule has 1 aromatic heterocycles. The topological polar surface area (TPSA) is 33.1 Å². The zero-order valence-electron chi connectivity index (χ0n) is 7.81. The van der Waals surface area contributed by atoms with Gasteiger partial charge in [0.25, 0.3) is 0 Å². The molecular formula is C10H15NOS. The van der Waals surface area contributed by atoms with Crippen LogP contribution in [0.4, 0.5) is 0 Å². The SMILES string of the molecule is CC(C1CCC1)C(O)c1ccsn1. The van der Waals surface area contributed by atoms with Gasteiger partial charge in [-0.3, -0.25) is 0 Å². The van der Waals surface area contributed by atoms with E-state index in [9.17, 15) is 5.11 Å². The van der Waals surface area contributed by atoms with E-state index >= 15 is 0 Å². The Bertz CT molecular complexity index is 256. The highest BCUT2D eigenvalue weighted by molar-refractivity contribution is 7.03. The van der Waals surface area contributed by atoms with Crippen molar-refractivity contribution in [1.82, 2.24) is 4.37 Å². The molecule has 1 aliphatic carbocycles. The van der Waals surface area contributed by atoms with E-state index in [4.69, 9.17) is 0 Å². The van der Waals surface area contributed by atoms with E-state index in [0.717, 1.165) is 11.6 Å². The molecule has 1 aromatic rings. The second kappa shape index (κ2) is 3.76. The Morgan fingerprint density at radius 3 is 2.85 bits per heavy atom. The van der Waals surface area contributed by atoms with Gasteiger partial charge >= 0.3 is 0 Å². The van der Waals surface area contributed by atoms with Crippen LogP contribution in [0.3, 0.4) is 0 Å². The van der Waals surface area contributed by atoms with E-state index in [0.29, 0.717) is 5.92 Å². The molecule has 2 atom stereocenters. The number of hydrogen-bond donors (Lipinski definition) is 1. The lowest BCUT2D eigenvalue weighted by molar-refractivity contribution is 0.0511. The second-order valence-electron chi connectivity index (χ2n) is 3.92. The molecule has 1 heterocycles. The maximum absolute atomic E-state index is 9.96. The summed E-state index contributed by atoms with van der Waals surface area (Å²) in [7, 11) is 0. The molecule has 2 rings (SSSR count). The van der Waals surface area contributed by atoms with Crippen LogP contribution >= 0.6 is 11.5 Å². The normalized spacial score (nSPS) is 22.3. The van der Waals surface area contributed by atoms with Crippen molar-refractivity contribution in [1.29, 1.82) is 0 Å². The molecule has 1 saturated carbocycles. The minimum atomic E-state index is -0.350. The lowest BCUT2D eigenvalue weighted by Gasteiger charge is -2.33. The molecule has 1 N–H and O–H groups in total. The van der Waals surface area contributed by atoms with Gasteiger partial charge < -0.3 is 5.11 Å². The summed E-state index contributed by atoms with van der Waals surface area (Å²) in [5.41, 5.74) is 0.851. The van der Waals surface area contributed by atoms with Crippen LogP contribution in [0.1, 0.15) is 38.0 Å². The molecule has 2 nitrogen and oxygen atoms in total. The van der Waals surface area contributed by atoms with E-state index in [2.05, 4.69) is 11.3 Å². The van der Waals surface area contributed by atoms with Crippen molar-refractivity contribution >= 4 is 11.5 Å². The van der Waals surface area contributed by atoms with Crippen LogP contribution in [-0.4, -0.2) is 9.48 Å². The predicted octanol–water partition coefficient (Wildman–Crippen LogP) is 2.61. The first-order valence-corrected chi connectivity index (χ1v) is 5.71. The van der Waals surface area contributed by atoms with E-state index in [1.54, 1.807) is 0 Å². The molecule has 72 valence electrons. The van der Waals surface area contributed by atoms with Gasteiger partial charge in [0, 0.05) is 5.38 Å². The average Bonchev–Trinajstić information content (AvgIpc) is 2.51. The Morgan fingerprint density at radius 1 is 1.62 bits per heavy atom. The molecule has 0 saturated heterocycles. The van der Waals surface area contributed by atoms with E-state index in [-0.39, 0.29) is 6.10 Å².